The van der Waals surface area contributed by atoms with Crippen LogP contribution in [-0.4, -0.2) is 9.55 Å². The summed E-state index contributed by atoms with van der Waals surface area (Å²) in [4.78, 5) is 4.34. The summed E-state index contributed by atoms with van der Waals surface area (Å²) in [6.45, 7) is 0. The van der Waals surface area contributed by atoms with Crippen LogP contribution in [0.5, 0.6) is 0 Å². The van der Waals surface area contributed by atoms with Gasteiger partial charge in [-0.15, -0.1) is 11.3 Å². The fraction of sp³-hybridized carbons (Fsp3) is 0. The van der Waals surface area contributed by atoms with Gasteiger partial charge < -0.3 is 0 Å². The zero-order valence-corrected chi connectivity index (χ0v) is 9.96. The van der Waals surface area contributed by atoms with E-state index in [9.17, 15) is 0 Å². The van der Waals surface area contributed by atoms with Gasteiger partial charge >= 0.3 is 0 Å². The monoisotopic (exact) mass is 244 g/mol. The summed E-state index contributed by atoms with van der Waals surface area (Å²) in [5.74, 6) is 0.880. The molecule has 0 unspecified atom stereocenters. The minimum atomic E-state index is 0.833. The molecule has 0 radical (unpaired) electrons. The van der Waals surface area contributed by atoms with Gasteiger partial charge in [-0.1, -0.05) is 18.2 Å². The SMILES string of the molecule is S=c1sc2ccccc2n1-c1ccccn1. The molecule has 1 aromatic carbocycles. The Morgan fingerprint density at radius 3 is 2.69 bits per heavy atom. The third-order valence-electron chi connectivity index (χ3n) is 2.36. The van der Waals surface area contributed by atoms with Crippen LogP contribution in [0.4, 0.5) is 0 Å². The highest BCUT2D eigenvalue weighted by Crippen LogP contribution is 2.25. The van der Waals surface area contributed by atoms with Gasteiger partial charge in [0, 0.05) is 6.20 Å². The fourth-order valence-corrected chi connectivity index (χ4v) is 3.01. The van der Waals surface area contributed by atoms with Crippen LogP contribution in [0.15, 0.2) is 48.7 Å². The van der Waals surface area contributed by atoms with E-state index in [1.165, 1.54) is 4.70 Å². The summed E-state index contributed by atoms with van der Waals surface area (Å²) in [6, 6.07) is 14.0. The summed E-state index contributed by atoms with van der Waals surface area (Å²) in [7, 11) is 0. The van der Waals surface area contributed by atoms with Gasteiger partial charge in [-0.25, -0.2) is 4.98 Å². The maximum Gasteiger partial charge on any atom is 0.167 e. The van der Waals surface area contributed by atoms with Gasteiger partial charge in [-0.3, -0.25) is 4.57 Å². The Labute approximate surface area is 102 Å². The number of hydrogen-bond donors (Lipinski definition) is 0. The van der Waals surface area contributed by atoms with Crippen molar-refractivity contribution in [1.82, 2.24) is 9.55 Å². The van der Waals surface area contributed by atoms with E-state index in [1.54, 1.807) is 17.5 Å². The van der Waals surface area contributed by atoms with Crippen LogP contribution in [0.1, 0.15) is 0 Å². The first-order chi connectivity index (χ1) is 7.86. The molecule has 3 rings (SSSR count). The molecule has 0 amide bonds. The first kappa shape index (κ1) is 9.69. The molecule has 0 aliphatic heterocycles. The van der Waals surface area contributed by atoms with Crippen LogP contribution in [0.3, 0.4) is 0 Å². The highest BCUT2D eigenvalue weighted by atomic mass is 32.1. The molecule has 0 aliphatic carbocycles. The smallest absolute Gasteiger partial charge is 0.167 e. The zero-order chi connectivity index (χ0) is 11.0. The summed E-state index contributed by atoms with van der Waals surface area (Å²) in [5.41, 5.74) is 1.12. The normalized spacial score (nSPS) is 10.8. The van der Waals surface area contributed by atoms with Gasteiger partial charge in [0.05, 0.1) is 10.2 Å². The number of hydrogen-bond acceptors (Lipinski definition) is 3. The molecule has 0 atom stereocenters. The lowest BCUT2D eigenvalue weighted by molar-refractivity contribution is 1.04. The van der Waals surface area contributed by atoms with Crippen molar-refractivity contribution >= 4 is 33.8 Å². The molecule has 0 spiro atoms. The van der Waals surface area contributed by atoms with Gasteiger partial charge in [0.1, 0.15) is 5.82 Å². The van der Waals surface area contributed by atoms with E-state index in [2.05, 4.69) is 17.1 Å². The number of aromatic nitrogens is 2. The van der Waals surface area contributed by atoms with Gasteiger partial charge in [0.2, 0.25) is 0 Å². The Morgan fingerprint density at radius 1 is 1.06 bits per heavy atom. The van der Waals surface area contributed by atoms with Crippen LogP contribution in [-0.2, 0) is 0 Å². The minimum absolute atomic E-state index is 0.833. The predicted molar refractivity (Wildman–Crippen MR) is 69.8 cm³/mol. The molecule has 0 saturated heterocycles. The van der Waals surface area contributed by atoms with Crippen LogP contribution >= 0.6 is 23.6 Å². The maximum atomic E-state index is 5.38. The van der Waals surface area contributed by atoms with Crippen LogP contribution in [0.25, 0.3) is 16.0 Å². The largest absolute Gasteiger partial charge is 0.275 e. The lowest BCUT2D eigenvalue weighted by atomic mass is 10.3. The summed E-state index contributed by atoms with van der Waals surface area (Å²) >= 11 is 6.99. The molecule has 2 heterocycles. The summed E-state index contributed by atoms with van der Waals surface area (Å²) in [5, 5.41) is 0. The Bertz CT molecular complexity index is 683. The molecule has 16 heavy (non-hydrogen) atoms. The van der Waals surface area contributed by atoms with Crippen LogP contribution in [0, 0.1) is 3.95 Å². The van der Waals surface area contributed by atoms with Crippen molar-refractivity contribution in [2.45, 2.75) is 0 Å². The van der Waals surface area contributed by atoms with Gasteiger partial charge in [-0.05, 0) is 36.5 Å². The number of benzene rings is 1. The standard InChI is InChI=1S/C12H8N2S2/c15-12-14(11-7-3-4-8-13-11)9-5-1-2-6-10(9)16-12/h1-8H. The predicted octanol–water partition coefficient (Wildman–Crippen LogP) is 3.82. The maximum absolute atomic E-state index is 5.38. The molecular weight excluding hydrogens is 236 g/mol. The Morgan fingerprint density at radius 2 is 1.88 bits per heavy atom. The van der Waals surface area contributed by atoms with E-state index >= 15 is 0 Å². The number of fused-ring (bicyclic) bond motifs is 1. The van der Waals surface area contributed by atoms with Crippen molar-refractivity contribution in [2.24, 2.45) is 0 Å². The molecule has 2 nitrogen and oxygen atoms in total. The number of nitrogens with zero attached hydrogens (tertiary/aromatic N) is 2. The van der Waals surface area contributed by atoms with Gasteiger partial charge in [0.25, 0.3) is 0 Å². The minimum Gasteiger partial charge on any atom is -0.275 e. The molecule has 3 aromatic rings. The third kappa shape index (κ3) is 1.47. The van der Waals surface area contributed by atoms with Crippen molar-refractivity contribution in [3.05, 3.63) is 52.6 Å². The third-order valence-corrected chi connectivity index (χ3v) is 3.72. The molecule has 0 bridgehead atoms. The lowest BCUT2D eigenvalue weighted by Crippen LogP contribution is -1.95. The number of para-hydroxylation sites is 1. The first-order valence-corrected chi connectivity index (χ1v) is 6.11. The molecule has 0 aliphatic rings. The van der Waals surface area contributed by atoms with E-state index in [0.717, 1.165) is 15.3 Å². The topological polar surface area (TPSA) is 17.8 Å². The highest BCUT2D eigenvalue weighted by molar-refractivity contribution is 7.73. The highest BCUT2D eigenvalue weighted by Gasteiger charge is 2.06. The second-order valence-electron chi connectivity index (χ2n) is 3.36. The molecular formula is C12H8N2S2. The average Bonchev–Trinajstić information content (AvgIpc) is 2.66. The van der Waals surface area contributed by atoms with E-state index < -0.39 is 0 Å². The molecule has 0 fully saturated rings. The van der Waals surface area contributed by atoms with Crippen molar-refractivity contribution in [3.8, 4) is 5.82 Å². The fourth-order valence-electron chi connectivity index (χ4n) is 1.67. The lowest BCUT2D eigenvalue weighted by Gasteiger charge is -2.02. The summed E-state index contributed by atoms with van der Waals surface area (Å²) in [6.07, 6.45) is 1.78. The second-order valence-corrected chi connectivity index (χ2v) is 5.03. The Hall–Kier alpha value is -1.52. The van der Waals surface area contributed by atoms with Crippen molar-refractivity contribution in [2.75, 3.05) is 0 Å². The zero-order valence-electron chi connectivity index (χ0n) is 8.33. The van der Waals surface area contributed by atoms with E-state index in [1.807, 2.05) is 34.9 Å². The Balaban J connectivity index is 2.40. The van der Waals surface area contributed by atoms with Gasteiger partial charge in [0.15, 0.2) is 3.95 Å². The summed E-state index contributed by atoms with van der Waals surface area (Å²) < 4.78 is 4.04. The first-order valence-electron chi connectivity index (χ1n) is 4.88. The second kappa shape index (κ2) is 3.81. The average molecular weight is 244 g/mol. The van der Waals surface area contributed by atoms with Crippen LogP contribution < -0.4 is 0 Å². The van der Waals surface area contributed by atoms with E-state index in [0.29, 0.717) is 0 Å². The quantitative estimate of drug-likeness (QED) is 0.606. The van der Waals surface area contributed by atoms with E-state index in [-0.39, 0.29) is 0 Å². The Kier molecular flexibility index (Phi) is 2.31. The number of rotatable bonds is 1. The van der Waals surface area contributed by atoms with E-state index in [4.69, 9.17) is 12.2 Å². The van der Waals surface area contributed by atoms with Crippen molar-refractivity contribution in [3.63, 3.8) is 0 Å². The number of pyridine rings is 1. The van der Waals surface area contributed by atoms with Crippen molar-refractivity contribution < 1.29 is 0 Å². The van der Waals surface area contributed by atoms with Gasteiger partial charge in [-0.2, -0.15) is 0 Å². The molecule has 0 saturated carbocycles. The van der Waals surface area contributed by atoms with Crippen molar-refractivity contribution in [1.29, 1.82) is 0 Å². The molecule has 78 valence electrons. The van der Waals surface area contributed by atoms with Crippen LogP contribution in [0.2, 0.25) is 0 Å². The number of thiazole rings is 1. The molecule has 4 heteroatoms. The molecule has 2 aromatic heterocycles. The molecule has 0 N–H and O–H groups in total.